The molecule has 1 aromatic carbocycles. The summed E-state index contributed by atoms with van der Waals surface area (Å²) in [6, 6.07) is 6.82. The van der Waals surface area contributed by atoms with Crippen molar-refractivity contribution in [1.29, 1.82) is 0 Å². The van der Waals surface area contributed by atoms with Crippen molar-refractivity contribution in [3.63, 3.8) is 0 Å². The van der Waals surface area contributed by atoms with Crippen LogP contribution in [0.15, 0.2) is 24.3 Å². The van der Waals surface area contributed by atoms with Gasteiger partial charge < -0.3 is 0 Å². The van der Waals surface area contributed by atoms with Gasteiger partial charge in [0.15, 0.2) is 0 Å². The molecule has 0 unspecified atom stereocenters. The fourth-order valence-corrected chi connectivity index (χ4v) is 2.11. The Morgan fingerprint density at radius 3 is 2.29 bits per heavy atom. The average molecular weight is 214 g/mol. The first-order chi connectivity index (χ1) is 6.75. The third-order valence-corrected chi connectivity index (χ3v) is 3.12. The number of hydrogen-bond acceptors (Lipinski definition) is 1. The molecular formula is C11H13ClFN. The molecule has 1 aliphatic heterocycles. The zero-order valence-corrected chi connectivity index (χ0v) is 8.67. The van der Waals surface area contributed by atoms with E-state index < -0.39 is 0 Å². The van der Waals surface area contributed by atoms with Crippen LogP contribution in [-0.4, -0.2) is 17.5 Å². The third kappa shape index (κ3) is 2.25. The molecule has 2 rings (SSSR count). The number of halogens is 2. The highest BCUT2D eigenvalue weighted by molar-refractivity contribution is 6.13. The number of piperidine rings is 1. The molecule has 1 nitrogen and oxygen atoms in total. The lowest BCUT2D eigenvalue weighted by Gasteiger charge is -2.27. The molecule has 1 fully saturated rings. The first-order valence-corrected chi connectivity index (χ1v) is 5.26. The van der Waals surface area contributed by atoms with Crippen molar-refractivity contribution >= 4 is 11.8 Å². The topological polar surface area (TPSA) is 3.24 Å². The molecule has 76 valence electrons. The van der Waals surface area contributed by atoms with Gasteiger partial charge in [0.1, 0.15) is 5.82 Å². The quantitative estimate of drug-likeness (QED) is 0.648. The molecule has 0 amide bonds. The standard InChI is InChI=1S/C11H13ClFN/c12-14-7-5-10(6-8-14)9-1-3-11(13)4-2-9/h1-4,10H,5-8H2. The molecule has 0 atom stereocenters. The summed E-state index contributed by atoms with van der Waals surface area (Å²) >= 11 is 5.87. The van der Waals surface area contributed by atoms with Crippen LogP contribution in [0, 0.1) is 5.82 Å². The minimum Gasteiger partial charge on any atom is -0.220 e. The molecule has 0 radical (unpaired) electrons. The van der Waals surface area contributed by atoms with Crippen LogP contribution in [0.5, 0.6) is 0 Å². The van der Waals surface area contributed by atoms with Gasteiger partial charge in [-0.05, 0) is 48.2 Å². The summed E-state index contributed by atoms with van der Waals surface area (Å²) in [6.45, 7) is 1.84. The summed E-state index contributed by atoms with van der Waals surface area (Å²) in [4.78, 5) is 0. The maximum absolute atomic E-state index is 12.7. The highest BCUT2D eigenvalue weighted by atomic mass is 35.5. The Balaban J connectivity index is 2.05. The van der Waals surface area contributed by atoms with Gasteiger partial charge >= 0.3 is 0 Å². The monoisotopic (exact) mass is 213 g/mol. The van der Waals surface area contributed by atoms with Gasteiger partial charge in [0.2, 0.25) is 0 Å². The highest BCUT2D eigenvalue weighted by Crippen LogP contribution is 2.28. The van der Waals surface area contributed by atoms with Gasteiger partial charge in [-0.3, -0.25) is 0 Å². The molecule has 0 saturated carbocycles. The smallest absolute Gasteiger partial charge is 0.123 e. The van der Waals surface area contributed by atoms with E-state index in [4.69, 9.17) is 11.8 Å². The predicted molar refractivity (Wildman–Crippen MR) is 55.8 cm³/mol. The van der Waals surface area contributed by atoms with Gasteiger partial charge in [-0.15, -0.1) is 0 Å². The summed E-state index contributed by atoms with van der Waals surface area (Å²) in [5, 5.41) is 0. The Hall–Kier alpha value is -0.600. The Labute approximate surface area is 88.6 Å². The van der Waals surface area contributed by atoms with Gasteiger partial charge in [-0.1, -0.05) is 12.1 Å². The summed E-state index contributed by atoms with van der Waals surface area (Å²) in [5.74, 6) is 0.383. The second-order valence-corrected chi connectivity index (χ2v) is 4.21. The second kappa shape index (κ2) is 4.28. The lowest BCUT2D eigenvalue weighted by atomic mass is 9.90. The van der Waals surface area contributed by atoms with E-state index >= 15 is 0 Å². The average Bonchev–Trinajstić information content (AvgIpc) is 2.21. The number of hydrogen-bond donors (Lipinski definition) is 0. The van der Waals surface area contributed by atoms with Crippen molar-refractivity contribution in [2.75, 3.05) is 13.1 Å². The van der Waals surface area contributed by atoms with Crippen LogP contribution in [0.25, 0.3) is 0 Å². The molecule has 3 heteroatoms. The summed E-state index contributed by atoms with van der Waals surface area (Å²) in [7, 11) is 0. The van der Waals surface area contributed by atoms with E-state index in [1.807, 2.05) is 16.6 Å². The largest absolute Gasteiger partial charge is 0.220 e. The molecular weight excluding hydrogens is 201 g/mol. The van der Waals surface area contributed by atoms with Crippen LogP contribution in [0.3, 0.4) is 0 Å². The fraction of sp³-hybridized carbons (Fsp3) is 0.455. The Morgan fingerprint density at radius 2 is 1.71 bits per heavy atom. The van der Waals surface area contributed by atoms with Gasteiger partial charge in [0, 0.05) is 13.1 Å². The predicted octanol–water partition coefficient (Wildman–Crippen LogP) is 3.16. The zero-order valence-electron chi connectivity index (χ0n) is 7.92. The van der Waals surface area contributed by atoms with E-state index in [9.17, 15) is 4.39 Å². The van der Waals surface area contributed by atoms with Crippen molar-refractivity contribution in [2.24, 2.45) is 0 Å². The lowest BCUT2D eigenvalue weighted by molar-refractivity contribution is 0.335. The van der Waals surface area contributed by atoms with Crippen LogP contribution in [0.1, 0.15) is 24.3 Å². The number of nitrogens with zero attached hydrogens (tertiary/aromatic N) is 1. The highest BCUT2D eigenvalue weighted by Gasteiger charge is 2.18. The van der Waals surface area contributed by atoms with Crippen LogP contribution < -0.4 is 0 Å². The van der Waals surface area contributed by atoms with E-state index in [2.05, 4.69) is 0 Å². The minimum atomic E-state index is -0.163. The molecule has 1 aliphatic rings. The Bertz CT molecular complexity index is 291. The first kappa shape index (κ1) is 9.94. The molecule has 0 aliphatic carbocycles. The van der Waals surface area contributed by atoms with Crippen LogP contribution in [-0.2, 0) is 0 Å². The van der Waals surface area contributed by atoms with Crippen LogP contribution in [0.4, 0.5) is 4.39 Å². The van der Waals surface area contributed by atoms with Crippen molar-refractivity contribution in [3.8, 4) is 0 Å². The molecule has 0 spiro atoms. The van der Waals surface area contributed by atoms with Gasteiger partial charge in [-0.25, -0.2) is 8.81 Å². The Kier molecular flexibility index (Phi) is 3.04. The van der Waals surface area contributed by atoms with Crippen molar-refractivity contribution in [1.82, 2.24) is 4.42 Å². The molecule has 14 heavy (non-hydrogen) atoms. The summed E-state index contributed by atoms with van der Waals surface area (Å²) in [6.07, 6.45) is 2.13. The summed E-state index contributed by atoms with van der Waals surface area (Å²) in [5.41, 5.74) is 1.23. The SMILES string of the molecule is Fc1ccc(C2CCN(Cl)CC2)cc1. The third-order valence-electron chi connectivity index (χ3n) is 2.78. The molecule has 0 aromatic heterocycles. The number of benzene rings is 1. The van der Waals surface area contributed by atoms with Crippen molar-refractivity contribution in [3.05, 3.63) is 35.6 Å². The maximum atomic E-state index is 12.7. The van der Waals surface area contributed by atoms with E-state index in [1.165, 1.54) is 17.7 Å². The minimum absolute atomic E-state index is 0.163. The lowest BCUT2D eigenvalue weighted by Crippen LogP contribution is -2.25. The van der Waals surface area contributed by atoms with Crippen LogP contribution >= 0.6 is 11.8 Å². The zero-order chi connectivity index (χ0) is 9.97. The Morgan fingerprint density at radius 1 is 1.14 bits per heavy atom. The summed E-state index contributed by atoms with van der Waals surface area (Å²) < 4.78 is 14.5. The fourth-order valence-electron chi connectivity index (χ4n) is 1.92. The van der Waals surface area contributed by atoms with Crippen molar-refractivity contribution in [2.45, 2.75) is 18.8 Å². The first-order valence-electron chi connectivity index (χ1n) is 4.92. The van der Waals surface area contributed by atoms with Crippen molar-refractivity contribution < 1.29 is 4.39 Å². The van der Waals surface area contributed by atoms with Gasteiger partial charge in [0.05, 0.1) is 0 Å². The van der Waals surface area contributed by atoms with E-state index in [0.717, 1.165) is 25.9 Å². The van der Waals surface area contributed by atoms with Gasteiger partial charge in [-0.2, -0.15) is 0 Å². The molecule has 1 aromatic rings. The normalized spacial score (nSPS) is 19.9. The van der Waals surface area contributed by atoms with E-state index in [-0.39, 0.29) is 5.82 Å². The van der Waals surface area contributed by atoms with Gasteiger partial charge in [0.25, 0.3) is 0 Å². The van der Waals surface area contributed by atoms with E-state index in [1.54, 1.807) is 0 Å². The molecule has 1 heterocycles. The molecule has 0 bridgehead atoms. The second-order valence-electron chi connectivity index (χ2n) is 3.74. The van der Waals surface area contributed by atoms with Crippen LogP contribution in [0.2, 0.25) is 0 Å². The maximum Gasteiger partial charge on any atom is 0.123 e. The molecule has 0 N–H and O–H groups in total. The molecule has 1 saturated heterocycles. The number of rotatable bonds is 1. The van der Waals surface area contributed by atoms with E-state index in [0.29, 0.717) is 5.92 Å².